The van der Waals surface area contributed by atoms with Gasteiger partial charge in [0, 0.05) is 19.2 Å². The molecule has 4 heteroatoms. The van der Waals surface area contributed by atoms with Crippen LogP contribution in [0, 0.1) is 0 Å². The molecule has 0 saturated heterocycles. The van der Waals surface area contributed by atoms with Gasteiger partial charge in [0.25, 0.3) is 8.18 Å². The van der Waals surface area contributed by atoms with E-state index in [1.54, 1.807) is 0 Å². The van der Waals surface area contributed by atoms with Crippen molar-refractivity contribution < 1.29 is 9.09 Å². The maximum atomic E-state index is 11.2. The molecular formula is C7H17NO2P. The average Bonchev–Trinajstić information content (AvgIpc) is 1.85. The van der Waals surface area contributed by atoms with Crippen molar-refractivity contribution in [3.8, 4) is 0 Å². The molecule has 0 aliphatic heterocycles. The quantitative estimate of drug-likeness (QED) is 0.619. The Balaban J connectivity index is 4.22. The molecule has 0 rings (SSSR count). The van der Waals surface area contributed by atoms with Crippen LogP contribution in [0.5, 0.6) is 0 Å². The zero-order chi connectivity index (χ0) is 9.02. The van der Waals surface area contributed by atoms with Gasteiger partial charge in [0.05, 0.1) is 0 Å². The first kappa shape index (κ1) is 11.0. The van der Waals surface area contributed by atoms with Crippen LogP contribution in [-0.4, -0.2) is 23.9 Å². The third kappa shape index (κ3) is 3.28. The fourth-order valence-electron chi connectivity index (χ4n) is 1.07. The Labute approximate surface area is 69.6 Å². The summed E-state index contributed by atoms with van der Waals surface area (Å²) in [4.78, 5) is 0. The molecule has 1 radical (unpaired) electrons. The molecule has 0 aliphatic carbocycles. The number of nitrogens with zero attached hydrogens (tertiary/aromatic N) is 1. The van der Waals surface area contributed by atoms with Gasteiger partial charge in [-0.05, 0) is 27.7 Å². The maximum Gasteiger partial charge on any atom is 0.297 e. The first-order chi connectivity index (χ1) is 5.00. The topological polar surface area (TPSA) is 29.5 Å². The molecule has 0 amide bonds. The van der Waals surface area contributed by atoms with Crippen molar-refractivity contribution in [2.24, 2.45) is 0 Å². The normalized spacial score (nSPS) is 13.3. The van der Waals surface area contributed by atoms with Crippen molar-refractivity contribution in [3.05, 3.63) is 0 Å². The number of hydrogen-bond acceptors (Lipinski definition) is 2. The second kappa shape index (κ2) is 4.81. The molecule has 0 N–H and O–H groups in total. The van der Waals surface area contributed by atoms with E-state index in [-0.39, 0.29) is 12.1 Å². The van der Waals surface area contributed by atoms with Crippen molar-refractivity contribution in [2.45, 2.75) is 39.8 Å². The summed E-state index contributed by atoms with van der Waals surface area (Å²) in [5.74, 6) is 0. The van der Waals surface area contributed by atoms with Gasteiger partial charge in [-0.3, -0.25) is 4.52 Å². The van der Waals surface area contributed by atoms with Gasteiger partial charge < -0.3 is 0 Å². The van der Waals surface area contributed by atoms with E-state index in [0.717, 1.165) is 0 Å². The molecule has 0 aromatic carbocycles. The second-order valence-electron chi connectivity index (χ2n) is 2.99. The molecular weight excluding hydrogens is 161 g/mol. The lowest BCUT2D eigenvalue weighted by Gasteiger charge is -2.26. The zero-order valence-corrected chi connectivity index (χ0v) is 8.76. The molecule has 0 aromatic heterocycles. The van der Waals surface area contributed by atoms with Crippen molar-refractivity contribution in [2.75, 3.05) is 7.11 Å². The van der Waals surface area contributed by atoms with Crippen LogP contribution >= 0.6 is 8.18 Å². The maximum absolute atomic E-state index is 11.2. The first-order valence-corrected chi connectivity index (χ1v) is 4.93. The molecule has 0 saturated carbocycles. The predicted octanol–water partition coefficient (Wildman–Crippen LogP) is 2.41. The number of hydrogen-bond donors (Lipinski definition) is 0. The SMILES string of the molecule is CO[P](=O)N(C(C)C)C(C)C. The van der Waals surface area contributed by atoms with Gasteiger partial charge in [0.2, 0.25) is 0 Å². The molecule has 0 heterocycles. The predicted molar refractivity (Wildman–Crippen MR) is 46.7 cm³/mol. The van der Waals surface area contributed by atoms with E-state index in [1.807, 2.05) is 32.4 Å². The highest BCUT2D eigenvalue weighted by atomic mass is 31.1. The van der Waals surface area contributed by atoms with E-state index in [1.165, 1.54) is 7.11 Å². The summed E-state index contributed by atoms with van der Waals surface area (Å²) in [6, 6.07) is 0.525. The fourth-order valence-corrected chi connectivity index (χ4v) is 2.01. The smallest absolute Gasteiger partial charge is 0.296 e. The molecule has 1 atom stereocenters. The highest BCUT2D eigenvalue weighted by molar-refractivity contribution is 7.36. The van der Waals surface area contributed by atoms with Crippen LogP contribution in [0.4, 0.5) is 0 Å². The lowest BCUT2D eigenvalue weighted by atomic mass is 10.3. The minimum absolute atomic E-state index is 0.263. The van der Waals surface area contributed by atoms with Gasteiger partial charge in [0.15, 0.2) is 0 Å². The molecule has 0 fully saturated rings. The first-order valence-electron chi connectivity index (χ1n) is 3.80. The average molecular weight is 178 g/mol. The van der Waals surface area contributed by atoms with E-state index in [4.69, 9.17) is 4.52 Å². The van der Waals surface area contributed by atoms with Crippen molar-refractivity contribution in [3.63, 3.8) is 0 Å². The summed E-state index contributed by atoms with van der Waals surface area (Å²) < 4.78 is 17.9. The van der Waals surface area contributed by atoms with Crippen molar-refractivity contribution in [1.29, 1.82) is 0 Å². The lowest BCUT2D eigenvalue weighted by Crippen LogP contribution is -2.30. The molecule has 0 spiro atoms. The van der Waals surface area contributed by atoms with Gasteiger partial charge in [0.1, 0.15) is 0 Å². The molecule has 0 bridgehead atoms. The van der Waals surface area contributed by atoms with E-state index in [2.05, 4.69) is 0 Å². The Morgan fingerprint density at radius 2 is 1.55 bits per heavy atom. The van der Waals surface area contributed by atoms with Crippen LogP contribution < -0.4 is 0 Å². The molecule has 3 nitrogen and oxygen atoms in total. The highest BCUT2D eigenvalue weighted by Gasteiger charge is 2.20. The number of rotatable bonds is 4. The Hall–Kier alpha value is 0.0200. The van der Waals surface area contributed by atoms with Gasteiger partial charge in [-0.15, -0.1) is 0 Å². The van der Waals surface area contributed by atoms with Gasteiger partial charge >= 0.3 is 0 Å². The third-order valence-corrected chi connectivity index (χ3v) is 3.02. The monoisotopic (exact) mass is 178 g/mol. The van der Waals surface area contributed by atoms with E-state index >= 15 is 0 Å². The van der Waals surface area contributed by atoms with Gasteiger partial charge in [-0.2, -0.15) is 0 Å². The summed E-state index contributed by atoms with van der Waals surface area (Å²) >= 11 is 0. The third-order valence-electron chi connectivity index (χ3n) is 1.40. The summed E-state index contributed by atoms with van der Waals surface area (Å²) in [5.41, 5.74) is 0. The second-order valence-corrected chi connectivity index (χ2v) is 4.29. The molecule has 0 aromatic rings. The van der Waals surface area contributed by atoms with Crippen LogP contribution in [-0.2, 0) is 9.09 Å². The Bertz CT molecular complexity index is 128. The fraction of sp³-hybridized carbons (Fsp3) is 1.00. The van der Waals surface area contributed by atoms with E-state index in [0.29, 0.717) is 0 Å². The lowest BCUT2D eigenvalue weighted by molar-refractivity contribution is 0.259. The van der Waals surface area contributed by atoms with Crippen LogP contribution in [0.25, 0.3) is 0 Å². The van der Waals surface area contributed by atoms with Crippen LogP contribution in [0.3, 0.4) is 0 Å². The molecule has 0 aliphatic rings. The molecule has 67 valence electrons. The Morgan fingerprint density at radius 1 is 1.18 bits per heavy atom. The van der Waals surface area contributed by atoms with Crippen molar-refractivity contribution in [1.82, 2.24) is 4.67 Å². The van der Waals surface area contributed by atoms with Crippen LogP contribution in [0.1, 0.15) is 27.7 Å². The summed E-state index contributed by atoms with van der Waals surface area (Å²) in [6.07, 6.45) is 0. The standard InChI is InChI=1S/C7H17NO2P/c1-6(2)8(7(3)4)11(9)10-5/h6-7H,1-5H3. The Kier molecular flexibility index (Phi) is 4.82. The van der Waals surface area contributed by atoms with Gasteiger partial charge in [-0.1, -0.05) is 0 Å². The largest absolute Gasteiger partial charge is 0.297 e. The Morgan fingerprint density at radius 3 is 1.64 bits per heavy atom. The summed E-state index contributed by atoms with van der Waals surface area (Å²) in [5, 5.41) is 0. The summed E-state index contributed by atoms with van der Waals surface area (Å²) in [7, 11) is -0.169. The van der Waals surface area contributed by atoms with E-state index in [9.17, 15) is 4.57 Å². The molecule has 11 heavy (non-hydrogen) atoms. The van der Waals surface area contributed by atoms with Crippen molar-refractivity contribution >= 4 is 8.18 Å². The zero-order valence-electron chi connectivity index (χ0n) is 7.87. The van der Waals surface area contributed by atoms with Crippen LogP contribution in [0.2, 0.25) is 0 Å². The minimum atomic E-state index is -1.64. The van der Waals surface area contributed by atoms with E-state index < -0.39 is 8.18 Å². The summed E-state index contributed by atoms with van der Waals surface area (Å²) in [6.45, 7) is 8.02. The van der Waals surface area contributed by atoms with Gasteiger partial charge in [-0.25, -0.2) is 9.24 Å². The van der Waals surface area contributed by atoms with Crippen LogP contribution in [0.15, 0.2) is 0 Å². The minimum Gasteiger partial charge on any atom is -0.296 e. The molecule has 1 unspecified atom stereocenters. The highest BCUT2D eigenvalue weighted by Crippen LogP contribution is 2.31.